The number of hydrogen-bond acceptors (Lipinski definition) is 2. The van der Waals surface area contributed by atoms with Crippen LogP contribution in [0.1, 0.15) is 55.2 Å². The molecule has 0 spiro atoms. The van der Waals surface area contributed by atoms with Crippen LogP contribution in [0.4, 0.5) is 8.78 Å². The Balaban J connectivity index is 0.000001000. The van der Waals surface area contributed by atoms with Crippen molar-refractivity contribution in [2.45, 2.75) is 62.8 Å². The van der Waals surface area contributed by atoms with E-state index in [1.807, 2.05) is 0 Å². The van der Waals surface area contributed by atoms with Crippen molar-refractivity contribution in [3.8, 4) is 0 Å². The van der Waals surface area contributed by atoms with Gasteiger partial charge in [0.05, 0.1) is 5.69 Å². The lowest BCUT2D eigenvalue weighted by Gasteiger charge is -2.26. The molecule has 116 valence electrons. The molecule has 1 unspecified atom stereocenters. The maximum absolute atomic E-state index is 13.1. The molecule has 1 aromatic heterocycles. The van der Waals surface area contributed by atoms with Crippen molar-refractivity contribution in [2.24, 2.45) is 5.73 Å². The lowest BCUT2D eigenvalue weighted by molar-refractivity contribution is -0.0387. The highest BCUT2D eigenvalue weighted by Gasteiger charge is 2.36. The number of fused-ring (bicyclic) bond motifs is 1. The number of rotatable bonds is 1. The number of aromatic amines is 1. The van der Waals surface area contributed by atoms with Crippen LogP contribution in [0.2, 0.25) is 0 Å². The molecular weight excluding hydrogens is 307 g/mol. The van der Waals surface area contributed by atoms with Crippen molar-refractivity contribution in [3.05, 3.63) is 17.2 Å². The number of nitrogens with two attached hydrogens (primary N) is 1. The molecule has 7 heteroatoms. The number of H-pyrrole nitrogens is 1. The van der Waals surface area contributed by atoms with Gasteiger partial charge in [-0.3, -0.25) is 0 Å². The van der Waals surface area contributed by atoms with Crippen LogP contribution in [0.25, 0.3) is 0 Å². The Bertz CT molecular complexity index is 441. The van der Waals surface area contributed by atoms with E-state index in [4.69, 9.17) is 5.73 Å². The summed E-state index contributed by atoms with van der Waals surface area (Å²) in [5.74, 6) is -1.39. The van der Waals surface area contributed by atoms with Crippen molar-refractivity contribution in [1.29, 1.82) is 0 Å². The second-order valence-electron chi connectivity index (χ2n) is 5.68. The van der Waals surface area contributed by atoms with Gasteiger partial charge >= 0.3 is 0 Å². The Morgan fingerprint density at radius 3 is 2.45 bits per heavy atom. The topological polar surface area (TPSA) is 54.7 Å². The maximum atomic E-state index is 13.1. The molecular formula is C13H21Cl2F2N3. The zero-order valence-electron chi connectivity index (χ0n) is 11.2. The lowest BCUT2D eigenvalue weighted by Crippen LogP contribution is -2.27. The summed E-state index contributed by atoms with van der Waals surface area (Å²) in [6, 6.07) is 0.210. The van der Waals surface area contributed by atoms with Gasteiger partial charge in [-0.2, -0.15) is 0 Å². The van der Waals surface area contributed by atoms with E-state index in [2.05, 4.69) is 9.97 Å². The number of halogens is 4. The van der Waals surface area contributed by atoms with E-state index in [1.165, 1.54) is 0 Å². The number of hydrogen-bond donors (Lipinski definition) is 2. The van der Waals surface area contributed by atoms with E-state index in [9.17, 15) is 8.78 Å². The molecule has 1 aromatic rings. The quantitative estimate of drug-likeness (QED) is 0.830. The average molecular weight is 328 g/mol. The van der Waals surface area contributed by atoms with E-state index in [-0.39, 0.29) is 49.6 Å². The summed E-state index contributed by atoms with van der Waals surface area (Å²) < 4.78 is 26.2. The minimum atomic E-state index is -2.47. The molecule has 20 heavy (non-hydrogen) atoms. The van der Waals surface area contributed by atoms with Gasteiger partial charge < -0.3 is 10.7 Å². The Morgan fingerprint density at radius 1 is 1.15 bits per heavy atom. The van der Waals surface area contributed by atoms with Gasteiger partial charge in [0.2, 0.25) is 5.92 Å². The van der Waals surface area contributed by atoms with Crippen molar-refractivity contribution in [1.82, 2.24) is 9.97 Å². The standard InChI is InChI=1S/C13H19F2N3.2ClH/c14-13(15)5-3-8(4-6-13)12-17-10-2-1-9(16)7-11(10)18-12;;/h8-9H,1-7,16H2,(H,17,18);2*1H. The number of nitrogens with zero attached hydrogens (tertiary/aromatic N) is 1. The summed E-state index contributed by atoms with van der Waals surface area (Å²) in [5, 5.41) is 0. The molecule has 0 saturated heterocycles. The third-order valence-electron chi connectivity index (χ3n) is 4.20. The molecule has 0 aliphatic heterocycles. The molecule has 3 N–H and O–H groups in total. The fourth-order valence-electron chi connectivity index (χ4n) is 3.04. The normalized spacial score (nSPS) is 25.2. The fraction of sp³-hybridized carbons (Fsp3) is 0.769. The van der Waals surface area contributed by atoms with E-state index >= 15 is 0 Å². The first-order valence-corrected chi connectivity index (χ1v) is 6.74. The predicted octanol–water partition coefficient (Wildman–Crippen LogP) is 3.36. The Labute approximate surface area is 129 Å². The Kier molecular flexibility index (Phi) is 5.81. The molecule has 0 aromatic carbocycles. The molecule has 2 aliphatic carbocycles. The van der Waals surface area contributed by atoms with E-state index in [1.54, 1.807) is 0 Å². The monoisotopic (exact) mass is 327 g/mol. The van der Waals surface area contributed by atoms with Crippen LogP contribution in [0.5, 0.6) is 0 Å². The fourth-order valence-corrected chi connectivity index (χ4v) is 3.04. The third kappa shape index (κ3) is 3.62. The van der Waals surface area contributed by atoms with Crippen LogP contribution in [0.3, 0.4) is 0 Å². The molecule has 0 bridgehead atoms. The zero-order valence-corrected chi connectivity index (χ0v) is 12.8. The molecule has 1 saturated carbocycles. The number of aryl methyl sites for hydroxylation is 1. The predicted molar refractivity (Wildman–Crippen MR) is 79.2 cm³/mol. The first-order chi connectivity index (χ1) is 8.53. The van der Waals surface area contributed by atoms with Crippen LogP contribution in [0, 0.1) is 0 Å². The van der Waals surface area contributed by atoms with Gasteiger partial charge in [-0.25, -0.2) is 13.8 Å². The van der Waals surface area contributed by atoms with Gasteiger partial charge in [0, 0.05) is 36.9 Å². The zero-order chi connectivity index (χ0) is 12.8. The second-order valence-corrected chi connectivity index (χ2v) is 5.68. The Morgan fingerprint density at radius 2 is 1.80 bits per heavy atom. The third-order valence-corrected chi connectivity index (χ3v) is 4.20. The SMILES string of the molecule is Cl.Cl.NC1CCc2nc(C3CCC(F)(F)CC3)[nH]c2C1. The first kappa shape index (κ1) is 17.7. The summed E-state index contributed by atoms with van der Waals surface area (Å²) in [6.45, 7) is 0. The molecule has 1 fully saturated rings. The first-order valence-electron chi connectivity index (χ1n) is 6.74. The number of alkyl halides is 2. The van der Waals surface area contributed by atoms with Gasteiger partial charge in [0.25, 0.3) is 0 Å². The van der Waals surface area contributed by atoms with Crippen LogP contribution in [-0.2, 0) is 12.8 Å². The number of aromatic nitrogens is 2. The highest BCUT2D eigenvalue weighted by molar-refractivity contribution is 5.85. The molecule has 3 nitrogen and oxygen atoms in total. The molecule has 1 atom stereocenters. The summed E-state index contributed by atoms with van der Waals surface area (Å²) in [4.78, 5) is 7.93. The maximum Gasteiger partial charge on any atom is 0.248 e. The molecule has 3 rings (SSSR count). The van der Waals surface area contributed by atoms with Crippen molar-refractivity contribution >= 4 is 24.8 Å². The van der Waals surface area contributed by atoms with Crippen molar-refractivity contribution in [3.63, 3.8) is 0 Å². The minimum Gasteiger partial charge on any atom is -0.345 e. The van der Waals surface area contributed by atoms with Gasteiger partial charge in [-0.05, 0) is 25.7 Å². The highest BCUT2D eigenvalue weighted by atomic mass is 35.5. The summed E-state index contributed by atoms with van der Waals surface area (Å²) in [7, 11) is 0. The smallest absolute Gasteiger partial charge is 0.248 e. The second kappa shape index (κ2) is 6.58. The molecule has 0 amide bonds. The molecule has 0 radical (unpaired) electrons. The summed E-state index contributed by atoms with van der Waals surface area (Å²) in [6.07, 6.45) is 3.77. The number of nitrogens with one attached hydrogen (secondary N) is 1. The van der Waals surface area contributed by atoms with Gasteiger partial charge in [0.15, 0.2) is 0 Å². The lowest BCUT2D eigenvalue weighted by atomic mass is 9.86. The Hall–Kier alpha value is -0.390. The van der Waals surface area contributed by atoms with E-state index in [0.717, 1.165) is 36.5 Å². The van der Waals surface area contributed by atoms with Gasteiger partial charge in [0.1, 0.15) is 5.82 Å². The molecule has 1 heterocycles. The summed E-state index contributed by atoms with van der Waals surface area (Å²) >= 11 is 0. The molecule has 2 aliphatic rings. The van der Waals surface area contributed by atoms with E-state index in [0.29, 0.717) is 12.8 Å². The minimum absolute atomic E-state index is 0. The van der Waals surface area contributed by atoms with Crippen molar-refractivity contribution < 1.29 is 8.78 Å². The van der Waals surface area contributed by atoms with Crippen LogP contribution >= 0.6 is 24.8 Å². The largest absolute Gasteiger partial charge is 0.345 e. The van der Waals surface area contributed by atoms with Crippen molar-refractivity contribution in [2.75, 3.05) is 0 Å². The van der Waals surface area contributed by atoms with Crippen LogP contribution < -0.4 is 5.73 Å². The van der Waals surface area contributed by atoms with Gasteiger partial charge in [-0.1, -0.05) is 0 Å². The van der Waals surface area contributed by atoms with Gasteiger partial charge in [-0.15, -0.1) is 24.8 Å². The average Bonchev–Trinajstić information content (AvgIpc) is 2.71. The van der Waals surface area contributed by atoms with Crippen LogP contribution in [-0.4, -0.2) is 21.9 Å². The van der Waals surface area contributed by atoms with E-state index < -0.39 is 5.92 Å². The van der Waals surface area contributed by atoms with Crippen LogP contribution in [0.15, 0.2) is 0 Å². The summed E-state index contributed by atoms with van der Waals surface area (Å²) in [5.41, 5.74) is 8.15. The highest BCUT2D eigenvalue weighted by Crippen LogP contribution is 2.40. The number of imidazole rings is 1.